The van der Waals surface area contributed by atoms with Crippen molar-refractivity contribution < 1.29 is 0 Å². The minimum absolute atomic E-state index is 1.21. The monoisotopic (exact) mass is 219 g/mol. The van der Waals surface area contributed by atoms with Crippen molar-refractivity contribution in [2.75, 3.05) is 0 Å². The summed E-state index contributed by atoms with van der Waals surface area (Å²) in [6.45, 7) is 0. The van der Waals surface area contributed by atoms with Gasteiger partial charge in [0.2, 0.25) is 0 Å². The predicted octanol–water partition coefficient (Wildman–Crippen LogP) is 4.27. The zero-order chi connectivity index (χ0) is 11.5. The van der Waals surface area contributed by atoms with E-state index in [0.29, 0.717) is 0 Å². The average molecular weight is 219 g/mol. The van der Waals surface area contributed by atoms with Crippen LogP contribution in [-0.2, 0) is 0 Å². The maximum atomic E-state index is 2.14. The number of para-hydroxylation sites is 1. The summed E-state index contributed by atoms with van der Waals surface area (Å²) < 4.78 is 2.14. The first kappa shape index (κ1) is 9.91. The quantitative estimate of drug-likeness (QED) is 0.606. The maximum Gasteiger partial charge on any atom is 0.0522 e. The van der Waals surface area contributed by atoms with Crippen molar-refractivity contribution in [2.45, 2.75) is 0 Å². The van der Waals surface area contributed by atoms with Crippen LogP contribution in [0.2, 0.25) is 0 Å². The minimum Gasteiger partial charge on any atom is -0.323 e. The van der Waals surface area contributed by atoms with Gasteiger partial charge in [-0.05, 0) is 29.2 Å². The van der Waals surface area contributed by atoms with Gasteiger partial charge in [-0.3, -0.25) is 0 Å². The molecule has 0 saturated heterocycles. The van der Waals surface area contributed by atoms with Crippen LogP contribution in [0.3, 0.4) is 0 Å². The Hall–Kier alpha value is -2.28. The van der Waals surface area contributed by atoms with E-state index in [2.05, 4.69) is 65.5 Å². The Morgan fingerprint density at radius 2 is 1.53 bits per heavy atom. The molecule has 2 aromatic carbocycles. The van der Waals surface area contributed by atoms with E-state index in [9.17, 15) is 0 Å². The van der Waals surface area contributed by atoms with Crippen LogP contribution >= 0.6 is 0 Å². The fourth-order valence-corrected chi connectivity index (χ4v) is 1.97. The summed E-state index contributed by atoms with van der Waals surface area (Å²) in [6, 6.07) is 20.8. The van der Waals surface area contributed by atoms with Crippen molar-refractivity contribution >= 4 is 23.2 Å². The standard InChI is InChI=1S/C16H13N/c1-2-6-14(7-3-1)10-12-17-13-11-15-8-4-5-9-16(15)17/h1-13H. The summed E-state index contributed by atoms with van der Waals surface area (Å²) in [5.41, 5.74) is 2.45. The Balaban J connectivity index is 1.98. The predicted molar refractivity (Wildman–Crippen MR) is 73.6 cm³/mol. The summed E-state index contributed by atoms with van der Waals surface area (Å²) in [4.78, 5) is 0. The Bertz CT molecular complexity index is 647. The third kappa shape index (κ3) is 2.00. The van der Waals surface area contributed by atoms with E-state index < -0.39 is 0 Å². The van der Waals surface area contributed by atoms with Gasteiger partial charge < -0.3 is 4.57 Å². The maximum absolute atomic E-state index is 2.14. The number of rotatable bonds is 2. The molecule has 1 heterocycles. The molecular formula is C16H13N. The van der Waals surface area contributed by atoms with Crippen LogP contribution in [0.1, 0.15) is 5.56 Å². The van der Waals surface area contributed by atoms with Gasteiger partial charge in [0.25, 0.3) is 0 Å². The molecule has 0 bridgehead atoms. The van der Waals surface area contributed by atoms with E-state index in [1.54, 1.807) is 0 Å². The van der Waals surface area contributed by atoms with E-state index in [1.165, 1.54) is 16.5 Å². The molecule has 1 aromatic heterocycles. The molecule has 0 aliphatic heterocycles. The first-order valence-electron chi connectivity index (χ1n) is 5.72. The van der Waals surface area contributed by atoms with E-state index in [1.807, 2.05) is 18.2 Å². The van der Waals surface area contributed by atoms with Crippen molar-refractivity contribution in [3.63, 3.8) is 0 Å². The molecule has 0 radical (unpaired) electrons. The molecule has 0 atom stereocenters. The first-order chi connectivity index (χ1) is 8.43. The number of hydrogen-bond acceptors (Lipinski definition) is 0. The lowest BCUT2D eigenvalue weighted by molar-refractivity contribution is 1.23. The van der Waals surface area contributed by atoms with Crippen LogP contribution in [-0.4, -0.2) is 4.57 Å². The second kappa shape index (κ2) is 4.30. The molecule has 1 nitrogen and oxygen atoms in total. The van der Waals surface area contributed by atoms with Crippen LogP contribution < -0.4 is 0 Å². The van der Waals surface area contributed by atoms with E-state index in [-0.39, 0.29) is 0 Å². The van der Waals surface area contributed by atoms with Crippen molar-refractivity contribution in [2.24, 2.45) is 0 Å². The van der Waals surface area contributed by atoms with Crippen LogP contribution in [0.25, 0.3) is 23.2 Å². The molecular weight excluding hydrogens is 206 g/mol. The summed E-state index contributed by atoms with van der Waals surface area (Å²) in [7, 11) is 0. The topological polar surface area (TPSA) is 4.93 Å². The number of nitrogens with zero attached hydrogens (tertiary/aromatic N) is 1. The highest BCUT2D eigenvalue weighted by Crippen LogP contribution is 2.16. The Kier molecular flexibility index (Phi) is 2.51. The molecule has 0 saturated carbocycles. The zero-order valence-electron chi connectivity index (χ0n) is 9.45. The summed E-state index contributed by atoms with van der Waals surface area (Å²) in [5.74, 6) is 0. The molecule has 0 spiro atoms. The van der Waals surface area contributed by atoms with Crippen molar-refractivity contribution in [3.8, 4) is 0 Å². The van der Waals surface area contributed by atoms with Crippen molar-refractivity contribution in [1.82, 2.24) is 4.57 Å². The van der Waals surface area contributed by atoms with Gasteiger partial charge in [0.1, 0.15) is 0 Å². The molecule has 0 aliphatic carbocycles. The number of benzene rings is 2. The van der Waals surface area contributed by atoms with E-state index in [0.717, 1.165) is 0 Å². The van der Waals surface area contributed by atoms with Crippen LogP contribution in [0.15, 0.2) is 66.9 Å². The first-order valence-corrected chi connectivity index (χ1v) is 5.72. The number of aromatic nitrogens is 1. The van der Waals surface area contributed by atoms with E-state index in [4.69, 9.17) is 0 Å². The Morgan fingerprint density at radius 1 is 0.765 bits per heavy atom. The van der Waals surface area contributed by atoms with Gasteiger partial charge in [-0.1, -0.05) is 48.5 Å². The molecule has 3 rings (SSSR count). The lowest BCUT2D eigenvalue weighted by Gasteiger charge is -1.97. The normalized spacial score (nSPS) is 11.3. The lowest BCUT2D eigenvalue weighted by atomic mass is 10.2. The SMILES string of the molecule is C(=Cn1ccc2ccccc21)c1ccccc1. The highest BCUT2D eigenvalue weighted by molar-refractivity contribution is 5.83. The molecule has 0 N–H and O–H groups in total. The van der Waals surface area contributed by atoms with Gasteiger partial charge in [-0.2, -0.15) is 0 Å². The highest BCUT2D eigenvalue weighted by Gasteiger charge is 1.95. The second-order valence-corrected chi connectivity index (χ2v) is 4.01. The van der Waals surface area contributed by atoms with Gasteiger partial charge >= 0.3 is 0 Å². The molecule has 0 fully saturated rings. The Morgan fingerprint density at radius 3 is 2.41 bits per heavy atom. The minimum atomic E-state index is 1.21. The average Bonchev–Trinajstić information content (AvgIpc) is 2.81. The molecule has 82 valence electrons. The zero-order valence-corrected chi connectivity index (χ0v) is 9.45. The van der Waals surface area contributed by atoms with Crippen LogP contribution in [0, 0.1) is 0 Å². The summed E-state index contributed by atoms with van der Waals surface area (Å²) >= 11 is 0. The molecule has 1 heteroatoms. The molecule has 17 heavy (non-hydrogen) atoms. The molecule has 0 aliphatic rings. The second-order valence-electron chi connectivity index (χ2n) is 4.01. The summed E-state index contributed by atoms with van der Waals surface area (Å²) in [5, 5.41) is 1.27. The largest absolute Gasteiger partial charge is 0.323 e. The van der Waals surface area contributed by atoms with Gasteiger partial charge in [0.05, 0.1) is 5.52 Å². The van der Waals surface area contributed by atoms with E-state index >= 15 is 0 Å². The third-order valence-electron chi connectivity index (χ3n) is 2.86. The van der Waals surface area contributed by atoms with Crippen molar-refractivity contribution in [3.05, 3.63) is 72.4 Å². The number of hydrogen-bond donors (Lipinski definition) is 0. The fraction of sp³-hybridized carbons (Fsp3) is 0. The van der Waals surface area contributed by atoms with Gasteiger partial charge in [0.15, 0.2) is 0 Å². The van der Waals surface area contributed by atoms with Gasteiger partial charge in [-0.15, -0.1) is 0 Å². The molecule has 3 aromatic rings. The Labute approximate surface area is 101 Å². The highest BCUT2D eigenvalue weighted by atomic mass is 14.9. The lowest BCUT2D eigenvalue weighted by Crippen LogP contribution is -1.81. The van der Waals surface area contributed by atoms with Crippen LogP contribution in [0.5, 0.6) is 0 Å². The van der Waals surface area contributed by atoms with Crippen molar-refractivity contribution in [1.29, 1.82) is 0 Å². The molecule has 0 unspecified atom stereocenters. The fourth-order valence-electron chi connectivity index (χ4n) is 1.97. The van der Waals surface area contributed by atoms with Gasteiger partial charge in [0, 0.05) is 12.4 Å². The third-order valence-corrected chi connectivity index (χ3v) is 2.86. The smallest absolute Gasteiger partial charge is 0.0522 e. The number of fused-ring (bicyclic) bond motifs is 1. The molecule has 0 amide bonds. The van der Waals surface area contributed by atoms with Crippen LogP contribution in [0.4, 0.5) is 0 Å². The van der Waals surface area contributed by atoms with Gasteiger partial charge in [-0.25, -0.2) is 0 Å². The summed E-state index contributed by atoms with van der Waals surface area (Å²) in [6.07, 6.45) is 6.30.